The summed E-state index contributed by atoms with van der Waals surface area (Å²) in [6.07, 6.45) is 8.46. The van der Waals surface area contributed by atoms with Crippen molar-refractivity contribution in [3.05, 3.63) is 66.1 Å². The van der Waals surface area contributed by atoms with Crippen LogP contribution in [0.2, 0.25) is 0 Å². The second-order valence-corrected chi connectivity index (χ2v) is 7.68. The molecule has 1 aliphatic heterocycles. The van der Waals surface area contributed by atoms with Crippen molar-refractivity contribution < 1.29 is 9.90 Å². The molecule has 152 valence electrons. The zero-order valence-electron chi connectivity index (χ0n) is 16.5. The Morgan fingerprint density at radius 1 is 1.21 bits per heavy atom. The van der Waals surface area contributed by atoms with E-state index < -0.39 is 5.60 Å². The van der Waals surface area contributed by atoms with Crippen LogP contribution in [0.25, 0.3) is 5.65 Å². The number of piperidine rings is 1. The Balaban J connectivity index is 1.30. The molecule has 1 saturated heterocycles. The van der Waals surface area contributed by atoms with E-state index in [0.717, 1.165) is 30.5 Å². The molecule has 0 spiro atoms. The quantitative estimate of drug-likeness (QED) is 0.610. The molecule has 0 unspecified atom stereocenters. The van der Waals surface area contributed by atoms with Crippen molar-refractivity contribution in [2.75, 3.05) is 19.6 Å². The van der Waals surface area contributed by atoms with Gasteiger partial charge in [0.05, 0.1) is 6.20 Å². The number of hydrogen-bond acceptors (Lipinski definition) is 5. The largest absolute Gasteiger partial charge is 0.379 e. The maximum absolute atomic E-state index is 12.9. The van der Waals surface area contributed by atoms with Gasteiger partial charge in [-0.05, 0) is 37.3 Å². The van der Waals surface area contributed by atoms with Crippen molar-refractivity contribution in [2.24, 2.45) is 0 Å². The summed E-state index contributed by atoms with van der Waals surface area (Å²) in [6, 6.07) is 12.1. The van der Waals surface area contributed by atoms with Crippen molar-refractivity contribution in [1.82, 2.24) is 24.8 Å². The molecular formula is C22H27N5O2. The van der Waals surface area contributed by atoms with E-state index in [0.29, 0.717) is 26.1 Å². The number of aliphatic hydroxyl groups is 1. The van der Waals surface area contributed by atoms with Crippen LogP contribution < -0.4 is 5.32 Å². The van der Waals surface area contributed by atoms with Crippen LogP contribution >= 0.6 is 0 Å². The van der Waals surface area contributed by atoms with E-state index in [2.05, 4.69) is 27.5 Å². The molecule has 1 fully saturated rings. The number of hydrogen-bond donors (Lipinski definition) is 2. The SMILES string of the molecule is O=C1N(CCCc2ccccc2)CCC[C@]1(O)CNCc1cnn2cccnc12. The van der Waals surface area contributed by atoms with Crippen LogP contribution in [-0.2, 0) is 17.8 Å². The molecule has 1 aromatic carbocycles. The second kappa shape index (κ2) is 8.71. The van der Waals surface area contributed by atoms with Crippen molar-refractivity contribution in [2.45, 2.75) is 37.8 Å². The lowest BCUT2D eigenvalue weighted by Gasteiger charge is -2.38. The Hall–Kier alpha value is -2.77. The number of likely N-dealkylation sites (tertiary alicyclic amines) is 1. The Labute approximate surface area is 170 Å². The van der Waals surface area contributed by atoms with E-state index in [1.165, 1.54) is 5.56 Å². The minimum absolute atomic E-state index is 0.165. The van der Waals surface area contributed by atoms with Gasteiger partial charge in [-0.3, -0.25) is 4.79 Å². The fourth-order valence-electron chi connectivity index (χ4n) is 3.97. The minimum Gasteiger partial charge on any atom is -0.379 e. The van der Waals surface area contributed by atoms with Crippen molar-refractivity contribution >= 4 is 11.6 Å². The monoisotopic (exact) mass is 393 g/mol. The molecular weight excluding hydrogens is 366 g/mol. The van der Waals surface area contributed by atoms with Gasteiger partial charge in [-0.2, -0.15) is 5.10 Å². The molecule has 3 heterocycles. The van der Waals surface area contributed by atoms with E-state index in [4.69, 9.17) is 0 Å². The Bertz CT molecular complexity index is 958. The Kier molecular flexibility index (Phi) is 5.87. The van der Waals surface area contributed by atoms with Crippen LogP contribution in [0.1, 0.15) is 30.4 Å². The maximum atomic E-state index is 12.9. The second-order valence-electron chi connectivity index (χ2n) is 7.68. The van der Waals surface area contributed by atoms with Crippen LogP contribution in [0.3, 0.4) is 0 Å². The number of carbonyl (C=O) groups excluding carboxylic acids is 1. The van der Waals surface area contributed by atoms with Gasteiger partial charge in [-0.15, -0.1) is 0 Å². The average Bonchev–Trinajstić information content (AvgIpc) is 3.15. The summed E-state index contributed by atoms with van der Waals surface area (Å²) in [5.41, 5.74) is 1.65. The first-order valence-corrected chi connectivity index (χ1v) is 10.2. The fourth-order valence-corrected chi connectivity index (χ4v) is 3.97. The molecule has 1 aliphatic rings. The standard InChI is InChI=1S/C22H27N5O2/c28-21-22(29,17-23-15-19-16-25-27-14-6-11-24-20(19)27)10-5-13-26(21)12-4-9-18-7-2-1-3-8-18/h1-3,6-8,11,14,16,23,29H,4-5,9-10,12-13,15,17H2/t22-/m0/s1. The van der Waals surface area contributed by atoms with Crippen LogP contribution in [0.15, 0.2) is 55.0 Å². The fraction of sp³-hybridized carbons (Fsp3) is 0.409. The molecule has 1 amide bonds. The summed E-state index contributed by atoms with van der Waals surface area (Å²) >= 11 is 0. The van der Waals surface area contributed by atoms with E-state index in [1.807, 2.05) is 35.4 Å². The molecule has 0 bridgehead atoms. The van der Waals surface area contributed by atoms with Crippen LogP contribution in [0.4, 0.5) is 0 Å². The van der Waals surface area contributed by atoms with Crippen molar-refractivity contribution in [3.63, 3.8) is 0 Å². The third kappa shape index (κ3) is 4.46. The summed E-state index contributed by atoms with van der Waals surface area (Å²) in [5.74, 6) is -0.165. The highest BCUT2D eigenvalue weighted by Gasteiger charge is 2.41. The lowest BCUT2D eigenvalue weighted by Crippen LogP contribution is -2.58. The molecule has 4 rings (SSSR count). The summed E-state index contributed by atoms with van der Waals surface area (Å²) in [7, 11) is 0. The highest BCUT2D eigenvalue weighted by Crippen LogP contribution is 2.23. The predicted octanol–water partition coefficient (Wildman–Crippen LogP) is 1.81. The summed E-state index contributed by atoms with van der Waals surface area (Å²) in [5, 5.41) is 18.5. The maximum Gasteiger partial charge on any atom is 0.255 e. The molecule has 3 aromatic rings. The molecule has 2 aromatic heterocycles. The lowest BCUT2D eigenvalue weighted by atomic mass is 9.91. The first-order valence-electron chi connectivity index (χ1n) is 10.2. The van der Waals surface area contributed by atoms with Gasteiger partial charge < -0.3 is 15.3 Å². The topological polar surface area (TPSA) is 82.8 Å². The third-order valence-corrected chi connectivity index (χ3v) is 5.53. The van der Waals surface area contributed by atoms with Gasteiger partial charge in [-0.25, -0.2) is 9.50 Å². The van der Waals surface area contributed by atoms with Gasteiger partial charge in [0.15, 0.2) is 11.2 Å². The van der Waals surface area contributed by atoms with Gasteiger partial charge >= 0.3 is 0 Å². The number of carbonyl (C=O) groups is 1. The van der Waals surface area contributed by atoms with Gasteiger partial charge in [0, 0.05) is 44.1 Å². The first-order chi connectivity index (χ1) is 14.2. The molecule has 29 heavy (non-hydrogen) atoms. The predicted molar refractivity (Wildman–Crippen MR) is 110 cm³/mol. The zero-order valence-corrected chi connectivity index (χ0v) is 16.5. The number of amides is 1. The molecule has 0 saturated carbocycles. The van der Waals surface area contributed by atoms with E-state index in [-0.39, 0.29) is 12.5 Å². The van der Waals surface area contributed by atoms with Gasteiger partial charge in [-0.1, -0.05) is 30.3 Å². The summed E-state index contributed by atoms with van der Waals surface area (Å²) in [6.45, 7) is 2.12. The number of fused-ring (bicyclic) bond motifs is 1. The zero-order chi connectivity index (χ0) is 20.1. The highest BCUT2D eigenvalue weighted by molar-refractivity contribution is 5.86. The smallest absolute Gasteiger partial charge is 0.255 e. The molecule has 7 nitrogen and oxygen atoms in total. The minimum atomic E-state index is -1.35. The molecule has 7 heteroatoms. The van der Waals surface area contributed by atoms with E-state index in [1.54, 1.807) is 16.9 Å². The molecule has 1 atom stereocenters. The highest BCUT2D eigenvalue weighted by atomic mass is 16.3. The van der Waals surface area contributed by atoms with Gasteiger partial charge in [0.2, 0.25) is 0 Å². The van der Waals surface area contributed by atoms with Crippen LogP contribution in [0.5, 0.6) is 0 Å². The first kappa shape index (κ1) is 19.5. The molecule has 0 radical (unpaired) electrons. The van der Waals surface area contributed by atoms with E-state index >= 15 is 0 Å². The van der Waals surface area contributed by atoms with Crippen molar-refractivity contribution in [1.29, 1.82) is 0 Å². The van der Waals surface area contributed by atoms with Gasteiger partial charge in [0.1, 0.15) is 0 Å². The average molecular weight is 393 g/mol. The summed E-state index contributed by atoms with van der Waals surface area (Å²) < 4.78 is 1.71. The Morgan fingerprint density at radius 2 is 2.07 bits per heavy atom. The van der Waals surface area contributed by atoms with Gasteiger partial charge in [0.25, 0.3) is 5.91 Å². The number of benzene rings is 1. The number of nitrogens with one attached hydrogen (secondary N) is 1. The normalized spacial score (nSPS) is 19.8. The number of nitrogens with zero attached hydrogens (tertiary/aromatic N) is 4. The lowest BCUT2D eigenvalue weighted by molar-refractivity contribution is -0.156. The van der Waals surface area contributed by atoms with Crippen LogP contribution in [-0.4, -0.2) is 55.7 Å². The third-order valence-electron chi connectivity index (χ3n) is 5.53. The number of aryl methyl sites for hydroxylation is 1. The molecule has 0 aliphatic carbocycles. The number of rotatable bonds is 8. The summed E-state index contributed by atoms with van der Waals surface area (Å²) in [4.78, 5) is 19.0. The molecule has 2 N–H and O–H groups in total. The van der Waals surface area contributed by atoms with Crippen LogP contribution in [0, 0.1) is 0 Å². The number of aromatic nitrogens is 3. The Morgan fingerprint density at radius 3 is 2.93 bits per heavy atom. The van der Waals surface area contributed by atoms with E-state index in [9.17, 15) is 9.90 Å². The van der Waals surface area contributed by atoms with Crippen molar-refractivity contribution in [3.8, 4) is 0 Å².